The monoisotopic (exact) mass is 312 g/mol. The van der Waals surface area contributed by atoms with Gasteiger partial charge in [-0.25, -0.2) is 13.1 Å². The van der Waals surface area contributed by atoms with E-state index in [0.29, 0.717) is 17.4 Å². The van der Waals surface area contributed by atoms with Crippen LogP contribution in [0.3, 0.4) is 0 Å². The highest BCUT2D eigenvalue weighted by atomic mass is 32.2. The minimum Gasteiger partial charge on any atom is -0.313 e. The zero-order chi connectivity index (χ0) is 16.0. The summed E-state index contributed by atoms with van der Waals surface area (Å²) in [5.74, 6) is 0.310. The number of benzene rings is 1. The highest BCUT2D eigenvalue weighted by Crippen LogP contribution is 2.19. The number of rotatable bonds is 8. The molecule has 0 spiro atoms. The van der Waals surface area contributed by atoms with Gasteiger partial charge in [-0.2, -0.15) is 0 Å². The predicted molar refractivity (Wildman–Crippen MR) is 87.8 cm³/mol. The van der Waals surface area contributed by atoms with E-state index >= 15 is 0 Å². The summed E-state index contributed by atoms with van der Waals surface area (Å²) in [5.41, 5.74) is 1.76. The Labute approximate surface area is 129 Å². The van der Waals surface area contributed by atoms with E-state index in [1.807, 2.05) is 32.9 Å². The summed E-state index contributed by atoms with van der Waals surface area (Å²) in [6.45, 7) is 11.4. The van der Waals surface area contributed by atoms with Gasteiger partial charge in [0.25, 0.3) is 0 Å². The largest absolute Gasteiger partial charge is 0.313 e. The molecule has 0 heterocycles. The van der Waals surface area contributed by atoms with Crippen LogP contribution in [0, 0.1) is 12.8 Å². The minimum absolute atomic E-state index is 0.0724. The molecule has 2 N–H and O–H groups in total. The number of nitrogens with one attached hydrogen (secondary N) is 2. The number of aryl methyl sites for hydroxylation is 1. The van der Waals surface area contributed by atoms with Gasteiger partial charge in [-0.05, 0) is 43.5 Å². The molecule has 0 amide bonds. The molecule has 5 heteroatoms. The van der Waals surface area contributed by atoms with Crippen molar-refractivity contribution in [3.63, 3.8) is 0 Å². The van der Waals surface area contributed by atoms with Gasteiger partial charge in [-0.15, -0.1) is 0 Å². The van der Waals surface area contributed by atoms with Crippen molar-refractivity contribution in [2.75, 3.05) is 6.54 Å². The fourth-order valence-electron chi connectivity index (χ4n) is 2.09. The van der Waals surface area contributed by atoms with Gasteiger partial charge in [0.05, 0.1) is 4.90 Å². The van der Waals surface area contributed by atoms with Gasteiger partial charge in [0.1, 0.15) is 0 Å². The molecule has 21 heavy (non-hydrogen) atoms. The number of hydrogen-bond donors (Lipinski definition) is 2. The summed E-state index contributed by atoms with van der Waals surface area (Å²) < 4.78 is 28.0. The van der Waals surface area contributed by atoms with Crippen LogP contribution in [0.2, 0.25) is 0 Å². The van der Waals surface area contributed by atoms with Crippen LogP contribution >= 0.6 is 0 Å². The second kappa shape index (κ2) is 7.92. The van der Waals surface area contributed by atoms with Crippen molar-refractivity contribution >= 4 is 10.0 Å². The van der Waals surface area contributed by atoms with Crippen molar-refractivity contribution in [2.45, 2.75) is 58.5 Å². The van der Waals surface area contributed by atoms with Gasteiger partial charge < -0.3 is 5.32 Å². The molecule has 2 atom stereocenters. The second-order valence-electron chi connectivity index (χ2n) is 5.68. The average Bonchev–Trinajstić information content (AvgIpc) is 2.44. The average molecular weight is 312 g/mol. The summed E-state index contributed by atoms with van der Waals surface area (Å²) >= 11 is 0. The quantitative estimate of drug-likeness (QED) is 0.776. The van der Waals surface area contributed by atoms with E-state index < -0.39 is 10.0 Å². The normalized spacial score (nSPS) is 14.9. The van der Waals surface area contributed by atoms with Gasteiger partial charge in [0, 0.05) is 12.6 Å². The Bertz CT molecular complexity index is 555. The van der Waals surface area contributed by atoms with E-state index in [9.17, 15) is 8.42 Å². The maximum Gasteiger partial charge on any atom is 0.241 e. The molecule has 1 rings (SSSR count). The van der Waals surface area contributed by atoms with Gasteiger partial charge in [-0.1, -0.05) is 39.3 Å². The first-order chi connectivity index (χ1) is 9.81. The van der Waals surface area contributed by atoms with Crippen LogP contribution in [0.25, 0.3) is 0 Å². The molecule has 2 unspecified atom stereocenters. The van der Waals surface area contributed by atoms with Gasteiger partial charge >= 0.3 is 0 Å². The fourth-order valence-corrected chi connectivity index (χ4v) is 3.74. The minimum atomic E-state index is -3.47. The Kier molecular flexibility index (Phi) is 6.84. The lowest BCUT2D eigenvalue weighted by Gasteiger charge is -2.20. The van der Waals surface area contributed by atoms with Crippen LogP contribution in [-0.2, 0) is 16.6 Å². The molecule has 120 valence electrons. The van der Waals surface area contributed by atoms with E-state index in [1.54, 1.807) is 6.07 Å². The maximum atomic E-state index is 12.6. The predicted octanol–water partition coefficient (Wildman–Crippen LogP) is 2.82. The molecular weight excluding hydrogens is 284 g/mol. The first-order valence-electron chi connectivity index (χ1n) is 7.64. The van der Waals surface area contributed by atoms with Crippen LogP contribution in [-0.4, -0.2) is 21.0 Å². The third-order valence-electron chi connectivity index (χ3n) is 3.96. The van der Waals surface area contributed by atoms with Gasteiger partial charge in [0.15, 0.2) is 0 Å². The molecule has 0 saturated carbocycles. The van der Waals surface area contributed by atoms with E-state index in [0.717, 1.165) is 24.1 Å². The zero-order valence-electron chi connectivity index (χ0n) is 13.7. The topological polar surface area (TPSA) is 58.2 Å². The maximum absolute atomic E-state index is 12.6. The molecule has 0 radical (unpaired) electrons. The van der Waals surface area contributed by atoms with Crippen molar-refractivity contribution < 1.29 is 8.42 Å². The number of hydrogen-bond acceptors (Lipinski definition) is 3. The molecule has 0 aliphatic heterocycles. The third kappa shape index (κ3) is 5.09. The van der Waals surface area contributed by atoms with Crippen molar-refractivity contribution in [3.05, 3.63) is 29.3 Å². The molecule has 0 aliphatic carbocycles. The summed E-state index contributed by atoms with van der Waals surface area (Å²) in [5, 5.41) is 3.22. The number of sulfonamides is 1. The third-order valence-corrected chi connectivity index (χ3v) is 5.66. The highest BCUT2D eigenvalue weighted by Gasteiger charge is 2.22. The van der Waals surface area contributed by atoms with Gasteiger partial charge in [-0.3, -0.25) is 0 Å². The van der Waals surface area contributed by atoms with E-state index in [4.69, 9.17) is 0 Å². The second-order valence-corrected chi connectivity index (χ2v) is 7.36. The molecule has 1 aromatic carbocycles. The standard InChI is InChI=1S/C16H28N2O2S/c1-6-12(3)14(5)18-21(19,20)16-10-15(11-17-7-2)9-8-13(16)4/h8-10,12,14,17-18H,6-7,11H2,1-5H3. The Balaban J connectivity index is 3.01. The van der Waals surface area contributed by atoms with Crippen LogP contribution < -0.4 is 10.0 Å². The smallest absolute Gasteiger partial charge is 0.241 e. The molecule has 1 aromatic rings. The Morgan fingerprint density at radius 2 is 1.86 bits per heavy atom. The van der Waals surface area contributed by atoms with Crippen LogP contribution in [0.5, 0.6) is 0 Å². The summed E-state index contributed by atoms with van der Waals surface area (Å²) in [6.07, 6.45) is 0.948. The van der Waals surface area contributed by atoms with Crippen LogP contribution in [0.15, 0.2) is 23.1 Å². The van der Waals surface area contributed by atoms with Gasteiger partial charge in [0.2, 0.25) is 10.0 Å². The summed E-state index contributed by atoms with van der Waals surface area (Å²) in [4.78, 5) is 0.382. The van der Waals surface area contributed by atoms with Crippen molar-refractivity contribution in [1.82, 2.24) is 10.0 Å². The zero-order valence-corrected chi connectivity index (χ0v) is 14.5. The van der Waals surface area contributed by atoms with E-state index in [2.05, 4.69) is 23.9 Å². The summed E-state index contributed by atoms with van der Waals surface area (Å²) in [7, 11) is -3.47. The van der Waals surface area contributed by atoms with Crippen molar-refractivity contribution in [1.29, 1.82) is 0 Å². The van der Waals surface area contributed by atoms with E-state index in [-0.39, 0.29) is 6.04 Å². The first kappa shape index (κ1) is 18.1. The van der Waals surface area contributed by atoms with Crippen LogP contribution in [0.1, 0.15) is 45.2 Å². The van der Waals surface area contributed by atoms with Crippen molar-refractivity contribution in [3.8, 4) is 0 Å². The van der Waals surface area contributed by atoms with Crippen molar-refractivity contribution in [2.24, 2.45) is 5.92 Å². The Hall–Kier alpha value is -0.910. The lowest BCUT2D eigenvalue weighted by molar-refractivity contribution is 0.434. The molecule has 0 fully saturated rings. The van der Waals surface area contributed by atoms with Crippen LogP contribution in [0.4, 0.5) is 0 Å². The lowest BCUT2D eigenvalue weighted by Crippen LogP contribution is -2.37. The first-order valence-corrected chi connectivity index (χ1v) is 9.12. The Morgan fingerprint density at radius 1 is 1.19 bits per heavy atom. The molecule has 0 aliphatic rings. The molecule has 0 saturated heterocycles. The molecule has 0 aromatic heterocycles. The Morgan fingerprint density at radius 3 is 2.43 bits per heavy atom. The summed E-state index contributed by atoms with van der Waals surface area (Å²) in [6, 6.07) is 5.53. The lowest BCUT2D eigenvalue weighted by atomic mass is 10.0. The van der Waals surface area contributed by atoms with E-state index in [1.165, 1.54) is 0 Å². The highest BCUT2D eigenvalue weighted by molar-refractivity contribution is 7.89. The molecular formula is C16H28N2O2S. The SMILES string of the molecule is CCNCc1ccc(C)c(S(=O)(=O)NC(C)C(C)CC)c1. The fraction of sp³-hybridized carbons (Fsp3) is 0.625. The molecule has 4 nitrogen and oxygen atoms in total. The molecule has 0 bridgehead atoms.